The summed E-state index contributed by atoms with van der Waals surface area (Å²) in [5.41, 5.74) is 0.489. The van der Waals surface area contributed by atoms with Crippen molar-refractivity contribution < 1.29 is 14.0 Å². The van der Waals surface area contributed by atoms with E-state index in [0.717, 1.165) is 45.3 Å². The maximum atomic E-state index is 13.0. The van der Waals surface area contributed by atoms with Crippen LogP contribution in [0.3, 0.4) is 0 Å². The molecule has 0 radical (unpaired) electrons. The topological polar surface area (TPSA) is 66.7 Å². The monoisotopic (exact) mass is 361 g/mol. The van der Waals surface area contributed by atoms with Crippen molar-refractivity contribution in [3.05, 3.63) is 17.8 Å². The first-order chi connectivity index (χ1) is 12.4. The molecule has 2 fully saturated rings. The number of carbonyl (C=O) groups is 2. The van der Waals surface area contributed by atoms with E-state index in [1.165, 1.54) is 6.39 Å². The molecule has 1 spiro atoms. The molecule has 6 heteroatoms. The molecule has 0 aliphatic carbocycles. The number of likely N-dealkylation sites (tertiary alicyclic amines) is 2. The Balaban J connectivity index is 1.70. The van der Waals surface area contributed by atoms with Gasteiger partial charge in [0.25, 0.3) is 5.91 Å². The summed E-state index contributed by atoms with van der Waals surface area (Å²) in [5.74, 6) is 1.49. The highest BCUT2D eigenvalue weighted by atomic mass is 16.3. The van der Waals surface area contributed by atoms with Crippen LogP contribution in [0.15, 0.2) is 10.8 Å². The van der Waals surface area contributed by atoms with E-state index in [0.29, 0.717) is 36.8 Å². The van der Waals surface area contributed by atoms with Crippen molar-refractivity contribution in [2.24, 2.45) is 11.3 Å². The van der Waals surface area contributed by atoms with Gasteiger partial charge in [-0.15, -0.1) is 0 Å². The highest BCUT2D eigenvalue weighted by Gasteiger charge is 2.43. The second kappa shape index (κ2) is 7.80. The summed E-state index contributed by atoms with van der Waals surface area (Å²) in [6, 6.07) is 0. The van der Waals surface area contributed by atoms with Gasteiger partial charge < -0.3 is 14.2 Å². The van der Waals surface area contributed by atoms with Crippen molar-refractivity contribution in [2.45, 2.75) is 59.3 Å². The molecule has 144 valence electrons. The largest absolute Gasteiger partial charge is 0.448 e. The number of nitrogens with zero attached hydrogens (tertiary/aromatic N) is 3. The lowest BCUT2D eigenvalue weighted by Crippen LogP contribution is -2.55. The molecular formula is C20H31N3O3. The Hall–Kier alpha value is -1.85. The van der Waals surface area contributed by atoms with Crippen molar-refractivity contribution in [1.29, 1.82) is 0 Å². The Kier molecular flexibility index (Phi) is 5.68. The Morgan fingerprint density at radius 3 is 2.88 bits per heavy atom. The SMILES string of the molecule is CCc1ocnc1C(=O)N1CCC[C@@]2(CCC(=O)N(CCC(C)C)C2)C1. The Morgan fingerprint density at radius 2 is 2.15 bits per heavy atom. The fourth-order valence-corrected chi connectivity index (χ4v) is 4.28. The zero-order chi connectivity index (χ0) is 18.7. The second-order valence-corrected chi connectivity index (χ2v) is 8.31. The van der Waals surface area contributed by atoms with Gasteiger partial charge in [0.05, 0.1) is 0 Å². The van der Waals surface area contributed by atoms with Crippen LogP contribution in [-0.4, -0.2) is 52.8 Å². The number of hydrogen-bond donors (Lipinski definition) is 0. The van der Waals surface area contributed by atoms with Crippen LogP contribution in [0.4, 0.5) is 0 Å². The average molecular weight is 361 g/mol. The molecule has 3 heterocycles. The standard InChI is InChI=1S/C20H31N3O3/c1-4-16-18(21-14-26-16)19(25)23-10-5-8-20(13-23)9-6-17(24)22(12-20)11-7-15(2)3/h14-15H,4-13H2,1-3H3/t20-/m0/s1. The molecule has 26 heavy (non-hydrogen) atoms. The highest BCUT2D eigenvalue weighted by Crippen LogP contribution is 2.39. The molecule has 2 aliphatic heterocycles. The van der Waals surface area contributed by atoms with Crippen LogP contribution >= 0.6 is 0 Å². The van der Waals surface area contributed by atoms with Crippen LogP contribution in [0.2, 0.25) is 0 Å². The Labute approximate surface area is 155 Å². The smallest absolute Gasteiger partial charge is 0.276 e. The number of piperidine rings is 2. The quantitative estimate of drug-likeness (QED) is 0.808. The van der Waals surface area contributed by atoms with Crippen molar-refractivity contribution in [3.8, 4) is 0 Å². The summed E-state index contributed by atoms with van der Waals surface area (Å²) in [4.78, 5) is 33.4. The van der Waals surface area contributed by atoms with Crippen LogP contribution in [0.25, 0.3) is 0 Å². The number of hydrogen-bond acceptors (Lipinski definition) is 4. The molecule has 1 aromatic rings. The molecule has 2 amide bonds. The molecule has 0 N–H and O–H groups in total. The Bertz CT molecular complexity index is 654. The number of aromatic nitrogens is 1. The Morgan fingerprint density at radius 1 is 1.35 bits per heavy atom. The van der Waals surface area contributed by atoms with Crippen LogP contribution in [-0.2, 0) is 11.2 Å². The van der Waals surface area contributed by atoms with Crippen LogP contribution in [0.1, 0.15) is 69.1 Å². The van der Waals surface area contributed by atoms with Gasteiger partial charge in [0.2, 0.25) is 5.91 Å². The first-order valence-electron chi connectivity index (χ1n) is 9.93. The van der Waals surface area contributed by atoms with E-state index in [1.807, 2.05) is 16.7 Å². The first kappa shape index (κ1) is 18.9. The number of oxazole rings is 1. The fraction of sp³-hybridized carbons (Fsp3) is 0.750. The summed E-state index contributed by atoms with van der Waals surface area (Å²) < 4.78 is 5.34. The number of aryl methyl sites for hydroxylation is 1. The normalized spacial score (nSPS) is 23.9. The molecule has 3 rings (SSSR count). The summed E-state index contributed by atoms with van der Waals surface area (Å²) >= 11 is 0. The summed E-state index contributed by atoms with van der Waals surface area (Å²) in [7, 11) is 0. The molecule has 0 aromatic carbocycles. The van der Waals surface area contributed by atoms with E-state index in [-0.39, 0.29) is 17.2 Å². The molecule has 2 saturated heterocycles. The fourth-order valence-electron chi connectivity index (χ4n) is 4.28. The van der Waals surface area contributed by atoms with Gasteiger partial charge in [0, 0.05) is 44.4 Å². The second-order valence-electron chi connectivity index (χ2n) is 8.31. The van der Waals surface area contributed by atoms with Gasteiger partial charge in [0.1, 0.15) is 5.76 Å². The summed E-state index contributed by atoms with van der Waals surface area (Å²) in [6.07, 6.45) is 6.61. The lowest BCUT2D eigenvalue weighted by molar-refractivity contribution is -0.139. The molecule has 2 aliphatic rings. The van der Waals surface area contributed by atoms with Crippen molar-refractivity contribution in [3.63, 3.8) is 0 Å². The van der Waals surface area contributed by atoms with Gasteiger partial charge in [0.15, 0.2) is 12.1 Å². The predicted molar refractivity (Wildman–Crippen MR) is 98.7 cm³/mol. The molecule has 0 saturated carbocycles. The minimum absolute atomic E-state index is 0.0275. The molecule has 0 bridgehead atoms. The number of amides is 2. The van der Waals surface area contributed by atoms with Gasteiger partial charge in [-0.2, -0.15) is 0 Å². The molecular weight excluding hydrogens is 330 g/mol. The van der Waals surface area contributed by atoms with E-state index < -0.39 is 0 Å². The van der Waals surface area contributed by atoms with Crippen molar-refractivity contribution in [2.75, 3.05) is 26.2 Å². The van der Waals surface area contributed by atoms with E-state index in [9.17, 15) is 9.59 Å². The molecule has 0 unspecified atom stereocenters. The van der Waals surface area contributed by atoms with Gasteiger partial charge in [-0.05, 0) is 31.6 Å². The van der Waals surface area contributed by atoms with Crippen molar-refractivity contribution in [1.82, 2.24) is 14.8 Å². The van der Waals surface area contributed by atoms with Crippen LogP contribution in [0.5, 0.6) is 0 Å². The van der Waals surface area contributed by atoms with Gasteiger partial charge in [-0.3, -0.25) is 9.59 Å². The zero-order valence-electron chi connectivity index (χ0n) is 16.3. The minimum Gasteiger partial charge on any atom is -0.448 e. The van der Waals surface area contributed by atoms with E-state index in [2.05, 4.69) is 18.8 Å². The third-order valence-corrected chi connectivity index (χ3v) is 5.84. The lowest BCUT2D eigenvalue weighted by atomic mass is 9.73. The maximum Gasteiger partial charge on any atom is 0.276 e. The molecule has 1 atom stereocenters. The molecule has 1 aromatic heterocycles. The van der Waals surface area contributed by atoms with E-state index >= 15 is 0 Å². The van der Waals surface area contributed by atoms with Crippen LogP contribution in [0, 0.1) is 11.3 Å². The van der Waals surface area contributed by atoms with Crippen LogP contribution < -0.4 is 0 Å². The third-order valence-electron chi connectivity index (χ3n) is 5.84. The molecule has 6 nitrogen and oxygen atoms in total. The predicted octanol–water partition coefficient (Wildman–Crippen LogP) is 3.13. The zero-order valence-corrected chi connectivity index (χ0v) is 16.3. The maximum absolute atomic E-state index is 13.0. The van der Waals surface area contributed by atoms with Gasteiger partial charge in [-0.1, -0.05) is 20.8 Å². The minimum atomic E-state index is -0.0275. The van der Waals surface area contributed by atoms with E-state index in [1.54, 1.807) is 0 Å². The first-order valence-corrected chi connectivity index (χ1v) is 9.93. The third kappa shape index (κ3) is 3.94. The number of carbonyl (C=O) groups excluding carboxylic acids is 2. The lowest BCUT2D eigenvalue weighted by Gasteiger charge is -2.48. The van der Waals surface area contributed by atoms with Gasteiger partial charge >= 0.3 is 0 Å². The van der Waals surface area contributed by atoms with Gasteiger partial charge in [-0.25, -0.2) is 4.98 Å². The van der Waals surface area contributed by atoms with Crippen molar-refractivity contribution >= 4 is 11.8 Å². The number of rotatable bonds is 5. The highest BCUT2D eigenvalue weighted by molar-refractivity contribution is 5.93. The summed E-state index contributed by atoms with van der Waals surface area (Å²) in [6.45, 7) is 9.43. The summed E-state index contributed by atoms with van der Waals surface area (Å²) in [5, 5.41) is 0. The van der Waals surface area contributed by atoms with E-state index in [4.69, 9.17) is 4.42 Å². The average Bonchev–Trinajstić information content (AvgIpc) is 3.11.